The van der Waals surface area contributed by atoms with Crippen molar-refractivity contribution in [3.05, 3.63) is 18.1 Å². The van der Waals surface area contributed by atoms with Crippen LogP contribution < -0.4 is 10.5 Å². The number of aliphatic hydroxyl groups excluding tert-OH is 1. The van der Waals surface area contributed by atoms with E-state index in [1.54, 1.807) is 6.07 Å². The number of aliphatic hydroxyl groups is 1. The molecule has 1 heterocycles. The van der Waals surface area contributed by atoms with Gasteiger partial charge in [0.2, 0.25) is 5.88 Å². The molecule has 72 valence electrons. The highest BCUT2D eigenvalue weighted by molar-refractivity contribution is 5.16. The van der Waals surface area contributed by atoms with Crippen molar-refractivity contribution >= 4 is 0 Å². The normalized spacial score (nSPS) is 12.5. The van der Waals surface area contributed by atoms with Crippen LogP contribution in [0.2, 0.25) is 0 Å². The lowest BCUT2D eigenvalue weighted by Gasteiger charge is -2.08. The average Bonchev–Trinajstić information content (AvgIpc) is 2.18. The van der Waals surface area contributed by atoms with Gasteiger partial charge in [-0.2, -0.15) is 0 Å². The second kappa shape index (κ2) is 4.74. The molecular weight excluding hydrogens is 170 g/mol. The van der Waals surface area contributed by atoms with Crippen molar-refractivity contribution in [1.29, 1.82) is 0 Å². The van der Waals surface area contributed by atoms with Gasteiger partial charge in [-0.1, -0.05) is 0 Å². The van der Waals surface area contributed by atoms with Gasteiger partial charge < -0.3 is 15.6 Å². The fraction of sp³-hybridized carbons (Fsp3) is 0.500. The molecule has 5 nitrogen and oxygen atoms in total. The summed E-state index contributed by atoms with van der Waals surface area (Å²) in [7, 11) is 0. The summed E-state index contributed by atoms with van der Waals surface area (Å²) in [6, 6.07) is 1.16. The third kappa shape index (κ3) is 2.64. The van der Waals surface area contributed by atoms with Gasteiger partial charge in [0.15, 0.2) is 0 Å². The molecule has 0 spiro atoms. The van der Waals surface area contributed by atoms with Gasteiger partial charge in [0.1, 0.15) is 6.33 Å². The summed E-state index contributed by atoms with van der Waals surface area (Å²) in [5.74, 6) is 0.483. The number of nitrogens with two attached hydrogens (primary N) is 1. The average molecular weight is 183 g/mol. The molecule has 13 heavy (non-hydrogen) atoms. The summed E-state index contributed by atoms with van der Waals surface area (Å²) >= 11 is 0. The first kappa shape index (κ1) is 9.88. The highest BCUT2D eigenvalue weighted by Gasteiger charge is 2.07. The zero-order valence-corrected chi connectivity index (χ0v) is 7.47. The maximum absolute atomic E-state index is 8.78. The van der Waals surface area contributed by atoms with Crippen molar-refractivity contribution < 1.29 is 9.84 Å². The highest BCUT2D eigenvalue weighted by atomic mass is 16.5. The Hall–Kier alpha value is -1.20. The number of rotatable bonds is 4. The first-order valence-electron chi connectivity index (χ1n) is 4.09. The maximum Gasteiger partial charge on any atom is 0.216 e. The Kier molecular flexibility index (Phi) is 3.60. The minimum absolute atomic E-state index is 0.136. The first-order chi connectivity index (χ1) is 6.27. The predicted octanol–water partition coefficient (Wildman–Crippen LogP) is -0.133. The summed E-state index contributed by atoms with van der Waals surface area (Å²) in [5, 5.41) is 8.78. The molecule has 3 N–H and O–H groups in total. The van der Waals surface area contributed by atoms with Gasteiger partial charge in [0.05, 0.1) is 24.9 Å². The molecule has 1 aromatic heterocycles. The molecule has 0 saturated carbocycles. The predicted molar refractivity (Wildman–Crippen MR) is 47.2 cm³/mol. The standard InChI is InChI=1S/C8H13N3O2/c1-2-13-8-3-7(6(9)4-12)10-5-11-8/h3,5-6,12H,2,4,9H2,1H3. The minimum Gasteiger partial charge on any atom is -0.478 e. The molecule has 0 aromatic carbocycles. The van der Waals surface area contributed by atoms with Gasteiger partial charge in [0, 0.05) is 6.07 Å². The van der Waals surface area contributed by atoms with Crippen LogP contribution in [-0.4, -0.2) is 28.3 Å². The van der Waals surface area contributed by atoms with Gasteiger partial charge in [-0.3, -0.25) is 0 Å². The Morgan fingerprint density at radius 2 is 2.38 bits per heavy atom. The van der Waals surface area contributed by atoms with Crippen molar-refractivity contribution in [2.45, 2.75) is 13.0 Å². The van der Waals surface area contributed by atoms with Crippen LogP contribution in [0.3, 0.4) is 0 Å². The number of hydrogen-bond donors (Lipinski definition) is 2. The summed E-state index contributed by atoms with van der Waals surface area (Å²) in [4.78, 5) is 7.79. The van der Waals surface area contributed by atoms with Crippen LogP contribution in [0.5, 0.6) is 5.88 Å². The van der Waals surface area contributed by atoms with E-state index >= 15 is 0 Å². The van der Waals surface area contributed by atoms with Crippen LogP contribution >= 0.6 is 0 Å². The Morgan fingerprint density at radius 3 is 3.00 bits per heavy atom. The van der Waals surface area contributed by atoms with E-state index in [9.17, 15) is 0 Å². The maximum atomic E-state index is 8.78. The van der Waals surface area contributed by atoms with Crippen molar-refractivity contribution in [3.63, 3.8) is 0 Å². The lowest BCUT2D eigenvalue weighted by molar-refractivity contribution is 0.264. The molecule has 0 radical (unpaired) electrons. The van der Waals surface area contributed by atoms with E-state index in [0.29, 0.717) is 18.2 Å². The number of nitrogens with zero attached hydrogens (tertiary/aromatic N) is 2. The van der Waals surface area contributed by atoms with Crippen LogP contribution in [0.4, 0.5) is 0 Å². The zero-order chi connectivity index (χ0) is 9.68. The topological polar surface area (TPSA) is 81.3 Å². The molecule has 0 aliphatic carbocycles. The quantitative estimate of drug-likeness (QED) is 0.679. The van der Waals surface area contributed by atoms with Gasteiger partial charge in [-0.25, -0.2) is 9.97 Å². The van der Waals surface area contributed by atoms with Crippen LogP contribution in [-0.2, 0) is 0 Å². The lowest BCUT2D eigenvalue weighted by atomic mass is 10.2. The molecular formula is C8H13N3O2. The smallest absolute Gasteiger partial charge is 0.216 e. The summed E-state index contributed by atoms with van der Waals surface area (Å²) < 4.78 is 5.15. The Morgan fingerprint density at radius 1 is 1.62 bits per heavy atom. The minimum atomic E-state index is -0.470. The van der Waals surface area contributed by atoms with Crippen molar-refractivity contribution in [3.8, 4) is 5.88 Å². The van der Waals surface area contributed by atoms with E-state index in [2.05, 4.69) is 9.97 Å². The van der Waals surface area contributed by atoms with E-state index in [1.165, 1.54) is 6.33 Å². The van der Waals surface area contributed by atoms with Crippen LogP contribution in [0, 0.1) is 0 Å². The molecule has 0 saturated heterocycles. The number of aromatic nitrogens is 2. The highest BCUT2D eigenvalue weighted by Crippen LogP contribution is 2.11. The first-order valence-corrected chi connectivity index (χ1v) is 4.09. The number of hydrogen-bond acceptors (Lipinski definition) is 5. The molecule has 5 heteroatoms. The monoisotopic (exact) mass is 183 g/mol. The Balaban J connectivity index is 2.78. The molecule has 0 aliphatic heterocycles. The zero-order valence-electron chi connectivity index (χ0n) is 7.47. The molecule has 0 fully saturated rings. The van der Waals surface area contributed by atoms with Gasteiger partial charge in [-0.15, -0.1) is 0 Å². The SMILES string of the molecule is CCOc1cc(C(N)CO)ncn1. The molecule has 0 amide bonds. The van der Waals surface area contributed by atoms with Crippen molar-refractivity contribution in [2.75, 3.05) is 13.2 Å². The Bertz CT molecular complexity index is 267. The van der Waals surface area contributed by atoms with E-state index in [4.69, 9.17) is 15.6 Å². The van der Waals surface area contributed by atoms with Gasteiger partial charge >= 0.3 is 0 Å². The molecule has 1 aromatic rings. The van der Waals surface area contributed by atoms with Crippen LogP contribution in [0.25, 0.3) is 0 Å². The number of ether oxygens (including phenoxy) is 1. The van der Waals surface area contributed by atoms with Crippen LogP contribution in [0.1, 0.15) is 18.7 Å². The van der Waals surface area contributed by atoms with E-state index in [-0.39, 0.29) is 6.61 Å². The van der Waals surface area contributed by atoms with Crippen molar-refractivity contribution in [1.82, 2.24) is 9.97 Å². The van der Waals surface area contributed by atoms with Gasteiger partial charge in [-0.05, 0) is 6.92 Å². The molecule has 0 bridgehead atoms. The largest absolute Gasteiger partial charge is 0.478 e. The summed E-state index contributed by atoms with van der Waals surface area (Å²) in [5.41, 5.74) is 6.15. The van der Waals surface area contributed by atoms with E-state index in [1.807, 2.05) is 6.92 Å². The molecule has 1 unspecified atom stereocenters. The third-order valence-electron chi connectivity index (χ3n) is 1.53. The molecule has 0 aliphatic rings. The molecule has 1 atom stereocenters. The fourth-order valence-corrected chi connectivity index (χ4v) is 0.877. The Labute approximate surface area is 76.6 Å². The second-order valence-electron chi connectivity index (χ2n) is 2.50. The van der Waals surface area contributed by atoms with E-state index in [0.717, 1.165) is 0 Å². The third-order valence-corrected chi connectivity index (χ3v) is 1.53. The second-order valence-corrected chi connectivity index (χ2v) is 2.50. The van der Waals surface area contributed by atoms with Crippen LogP contribution in [0.15, 0.2) is 12.4 Å². The summed E-state index contributed by atoms with van der Waals surface area (Å²) in [6.45, 7) is 2.28. The van der Waals surface area contributed by atoms with Gasteiger partial charge in [0.25, 0.3) is 0 Å². The lowest BCUT2D eigenvalue weighted by Crippen LogP contribution is -2.16. The fourth-order valence-electron chi connectivity index (χ4n) is 0.877. The molecule has 1 rings (SSSR count). The van der Waals surface area contributed by atoms with Crippen molar-refractivity contribution in [2.24, 2.45) is 5.73 Å². The summed E-state index contributed by atoms with van der Waals surface area (Å²) in [6.07, 6.45) is 1.37. The van der Waals surface area contributed by atoms with E-state index < -0.39 is 6.04 Å².